The van der Waals surface area contributed by atoms with Gasteiger partial charge in [-0.15, -0.1) is 5.10 Å². The zero-order valence-electron chi connectivity index (χ0n) is 10.9. The van der Waals surface area contributed by atoms with Crippen molar-refractivity contribution < 1.29 is 0 Å². The third-order valence-electron chi connectivity index (χ3n) is 2.54. The largest absolute Gasteiger partial charge is 0.368 e. The first-order chi connectivity index (χ1) is 8.08. The molecule has 1 aromatic heterocycles. The Bertz CT molecular complexity index is 355. The number of hydrogen-bond donors (Lipinski definition) is 2. The van der Waals surface area contributed by atoms with Crippen LogP contribution in [0, 0.1) is 5.92 Å². The van der Waals surface area contributed by atoms with E-state index < -0.39 is 0 Å². The summed E-state index contributed by atoms with van der Waals surface area (Å²) in [5.41, 5.74) is 6.86. The summed E-state index contributed by atoms with van der Waals surface area (Å²) in [4.78, 5) is 4.06. The molecule has 3 N–H and O–H groups in total. The second-order valence-corrected chi connectivity index (χ2v) is 5.67. The van der Waals surface area contributed by atoms with Gasteiger partial charge >= 0.3 is 0 Å². The first kappa shape index (κ1) is 14.1. The second-order valence-electron chi connectivity index (χ2n) is 4.60. The Morgan fingerprint density at radius 1 is 1.47 bits per heavy atom. The highest BCUT2D eigenvalue weighted by Gasteiger charge is 2.04. The molecule has 0 saturated heterocycles. The van der Waals surface area contributed by atoms with Crippen LogP contribution in [0.2, 0.25) is 0 Å². The van der Waals surface area contributed by atoms with Crippen LogP contribution in [0.1, 0.15) is 40.0 Å². The van der Waals surface area contributed by atoms with Crippen LogP contribution >= 0.6 is 11.8 Å². The summed E-state index contributed by atoms with van der Waals surface area (Å²) in [6.07, 6.45) is 5.93. The maximum Gasteiger partial charge on any atom is 0.216 e. The molecular formula is C12H22N4S. The molecule has 1 rings (SSSR count). The van der Waals surface area contributed by atoms with E-state index >= 15 is 0 Å². The van der Waals surface area contributed by atoms with Gasteiger partial charge in [-0.3, -0.25) is 0 Å². The molecule has 4 nitrogen and oxygen atoms in total. The van der Waals surface area contributed by atoms with E-state index in [1.54, 1.807) is 11.8 Å². The van der Waals surface area contributed by atoms with E-state index in [4.69, 9.17) is 5.73 Å². The molecule has 0 aromatic carbocycles. The van der Waals surface area contributed by atoms with E-state index in [2.05, 4.69) is 42.0 Å². The Balaban J connectivity index is 2.11. The molecule has 0 radical (unpaired) electrons. The topological polar surface area (TPSA) is 67.6 Å². The van der Waals surface area contributed by atoms with Crippen LogP contribution < -0.4 is 5.73 Å². The molecule has 5 heteroatoms. The molecule has 17 heavy (non-hydrogen) atoms. The van der Waals surface area contributed by atoms with Crippen molar-refractivity contribution in [3.8, 4) is 0 Å². The number of aromatic amines is 1. The number of hydrogen-bond acceptors (Lipinski definition) is 4. The third kappa shape index (κ3) is 6.36. The predicted octanol–water partition coefficient (Wildman–Crippen LogP) is 3.25. The molecular weight excluding hydrogens is 232 g/mol. The lowest BCUT2D eigenvalue weighted by atomic mass is 10.0. The molecule has 0 saturated carbocycles. The van der Waals surface area contributed by atoms with E-state index in [1.165, 1.54) is 24.8 Å². The average Bonchev–Trinajstić information content (AvgIpc) is 2.63. The lowest BCUT2D eigenvalue weighted by Crippen LogP contribution is -1.96. The number of aromatic nitrogens is 3. The lowest BCUT2D eigenvalue weighted by molar-refractivity contribution is 0.525. The van der Waals surface area contributed by atoms with E-state index in [9.17, 15) is 0 Å². The predicted molar refractivity (Wildman–Crippen MR) is 74.0 cm³/mol. The Morgan fingerprint density at radius 3 is 2.82 bits per heavy atom. The molecule has 1 aromatic rings. The van der Waals surface area contributed by atoms with Gasteiger partial charge in [0.25, 0.3) is 0 Å². The van der Waals surface area contributed by atoms with Gasteiger partial charge in [0.2, 0.25) is 11.1 Å². The summed E-state index contributed by atoms with van der Waals surface area (Å²) >= 11 is 1.66. The van der Waals surface area contributed by atoms with Gasteiger partial charge in [-0.05, 0) is 39.0 Å². The van der Waals surface area contributed by atoms with Gasteiger partial charge in [0.1, 0.15) is 0 Å². The zero-order chi connectivity index (χ0) is 12.7. The van der Waals surface area contributed by atoms with Crippen molar-refractivity contribution >= 4 is 17.7 Å². The normalized spacial score (nSPS) is 12.4. The van der Waals surface area contributed by atoms with Gasteiger partial charge in [-0.25, -0.2) is 5.10 Å². The molecule has 96 valence electrons. The van der Waals surface area contributed by atoms with Crippen LogP contribution in [0.25, 0.3) is 0 Å². The van der Waals surface area contributed by atoms with Gasteiger partial charge in [0, 0.05) is 5.75 Å². The molecule has 0 bridgehead atoms. The number of thioether (sulfide) groups is 1. The molecule has 0 aliphatic rings. The highest BCUT2D eigenvalue weighted by molar-refractivity contribution is 7.99. The quantitative estimate of drug-likeness (QED) is 0.579. The van der Waals surface area contributed by atoms with Crippen molar-refractivity contribution in [2.75, 3.05) is 11.5 Å². The number of allylic oxidation sites excluding steroid dienone is 2. The van der Waals surface area contributed by atoms with E-state index in [-0.39, 0.29) is 0 Å². The Kier molecular flexibility index (Phi) is 6.11. The highest BCUT2D eigenvalue weighted by Crippen LogP contribution is 2.19. The van der Waals surface area contributed by atoms with Gasteiger partial charge in [-0.1, -0.05) is 30.3 Å². The molecule has 0 unspecified atom stereocenters. The summed E-state index contributed by atoms with van der Waals surface area (Å²) < 4.78 is 0. The van der Waals surface area contributed by atoms with Crippen molar-refractivity contribution in [1.29, 1.82) is 0 Å². The van der Waals surface area contributed by atoms with Crippen LogP contribution in [0.3, 0.4) is 0 Å². The fourth-order valence-electron chi connectivity index (χ4n) is 1.47. The van der Waals surface area contributed by atoms with Crippen LogP contribution in [-0.2, 0) is 0 Å². The van der Waals surface area contributed by atoms with Crippen LogP contribution in [0.4, 0.5) is 5.95 Å². The van der Waals surface area contributed by atoms with Crippen molar-refractivity contribution in [3.63, 3.8) is 0 Å². The smallest absolute Gasteiger partial charge is 0.216 e. The summed E-state index contributed by atoms with van der Waals surface area (Å²) in [5.74, 6) is 2.19. The van der Waals surface area contributed by atoms with Gasteiger partial charge in [-0.2, -0.15) is 4.98 Å². The minimum atomic E-state index is 0.393. The maximum absolute atomic E-state index is 5.46. The maximum atomic E-state index is 5.46. The Hall–Kier alpha value is -0.970. The number of nitrogen functional groups attached to an aromatic ring is 1. The first-order valence-electron chi connectivity index (χ1n) is 6.02. The summed E-state index contributed by atoms with van der Waals surface area (Å²) in [7, 11) is 0. The minimum absolute atomic E-state index is 0.393. The van der Waals surface area contributed by atoms with Gasteiger partial charge < -0.3 is 5.73 Å². The number of nitrogens with one attached hydrogen (secondary N) is 1. The first-order valence-corrected chi connectivity index (χ1v) is 7.00. The zero-order valence-corrected chi connectivity index (χ0v) is 11.7. The van der Waals surface area contributed by atoms with E-state index in [1.807, 2.05) is 0 Å². The highest BCUT2D eigenvalue weighted by atomic mass is 32.2. The second kappa shape index (κ2) is 7.37. The van der Waals surface area contributed by atoms with Crippen LogP contribution in [-0.4, -0.2) is 20.9 Å². The van der Waals surface area contributed by atoms with Crippen molar-refractivity contribution in [1.82, 2.24) is 15.2 Å². The number of anilines is 1. The molecule has 0 aliphatic carbocycles. The lowest BCUT2D eigenvalue weighted by Gasteiger charge is -2.08. The van der Waals surface area contributed by atoms with Crippen molar-refractivity contribution in [3.05, 3.63) is 11.6 Å². The fourth-order valence-corrected chi connectivity index (χ4v) is 2.45. The fraction of sp³-hybridized carbons (Fsp3) is 0.667. The minimum Gasteiger partial charge on any atom is -0.368 e. The SMILES string of the molecule is CC(C)=CCC[C@H](C)CCSc1n[nH]c(N)n1. The molecule has 1 heterocycles. The number of rotatable bonds is 7. The van der Waals surface area contributed by atoms with Crippen LogP contribution in [0.15, 0.2) is 16.8 Å². The van der Waals surface area contributed by atoms with E-state index in [0.29, 0.717) is 5.95 Å². The number of nitrogens with zero attached hydrogens (tertiary/aromatic N) is 2. The molecule has 0 spiro atoms. The number of H-pyrrole nitrogens is 1. The number of nitrogens with two attached hydrogens (primary N) is 1. The standard InChI is InChI=1S/C12H22N4S/c1-9(2)5-4-6-10(3)7-8-17-12-14-11(13)15-16-12/h5,10H,4,6-8H2,1-3H3,(H3,13,14,15,16)/t10-/m0/s1. The van der Waals surface area contributed by atoms with E-state index in [0.717, 1.165) is 16.8 Å². The molecule has 0 fully saturated rings. The summed E-state index contributed by atoms with van der Waals surface area (Å²) in [5, 5.41) is 7.38. The summed E-state index contributed by atoms with van der Waals surface area (Å²) in [6, 6.07) is 0. The van der Waals surface area contributed by atoms with Crippen molar-refractivity contribution in [2.45, 2.75) is 45.2 Å². The Morgan fingerprint density at radius 2 is 2.24 bits per heavy atom. The monoisotopic (exact) mass is 254 g/mol. The molecule has 0 aliphatic heterocycles. The van der Waals surface area contributed by atoms with Crippen LogP contribution in [0.5, 0.6) is 0 Å². The third-order valence-corrected chi connectivity index (χ3v) is 3.42. The van der Waals surface area contributed by atoms with Gasteiger partial charge in [0.15, 0.2) is 0 Å². The summed E-state index contributed by atoms with van der Waals surface area (Å²) in [6.45, 7) is 6.59. The Labute approximate surface area is 107 Å². The molecule has 1 atom stereocenters. The average molecular weight is 254 g/mol. The van der Waals surface area contributed by atoms with Crippen molar-refractivity contribution in [2.24, 2.45) is 5.92 Å². The van der Waals surface area contributed by atoms with Gasteiger partial charge in [0.05, 0.1) is 0 Å². The molecule has 0 amide bonds.